The Hall–Kier alpha value is -2.60. The molecule has 2 heterocycles. The number of carbonyl (C=O) groups is 1. The van der Waals surface area contributed by atoms with Crippen molar-refractivity contribution in [2.75, 3.05) is 6.54 Å². The lowest BCUT2D eigenvalue weighted by Crippen LogP contribution is -2.19. The van der Waals surface area contributed by atoms with Crippen molar-refractivity contribution >= 4 is 16.9 Å². The fourth-order valence-electron chi connectivity index (χ4n) is 2.28. The van der Waals surface area contributed by atoms with Crippen molar-refractivity contribution in [3.8, 4) is 0 Å². The van der Waals surface area contributed by atoms with Crippen LogP contribution in [0.2, 0.25) is 0 Å². The summed E-state index contributed by atoms with van der Waals surface area (Å²) in [6.07, 6.45) is 5.35. The van der Waals surface area contributed by atoms with E-state index in [-0.39, 0.29) is 5.56 Å². The molecule has 0 saturated heterocycles. The maximum atomic E-state index is 11.4. The molecule has 0 fully saturated rings. The molecule has 0 bridgehead atoms. The Morgan fingerprint density at radius 1 is 1.38 bits per heavy atom. The number of nitrogens with one attached hydrogen (secondary N) is 1. The number of aromatic carboxylic acids is 1. The molecule has 0 spiro atoms. The van der Waals surface area contributed by atoms with Crippen LogP contribution in [0.4, 0.5) is 0 Å². The van der Waals surface area contributed by atoms with Crippen molar-refractivity contribution < 1.29 is 14.3 Å². The zero-order valence-corrected chi connectivity index (χ0v) is 11.3. The Labute approximate surface area is 121 Å². The molecule has 0 aliphatic carbocycles. The smallest absolute Gasteiger partial charge is 0.339 e. The van der Waals surface area contributed by atoms with E-state index in [1.807, 2.05) is 16.8 Å². The first kappa shape index (κ1) is 13.4. The predicted octanol–water partition coefficient (Wildman–Crippen LogP) is 2.12. The zero-order valence-electron chi connectivity index (χ0n) is 11.3. The number of aromatic nitrogens is 2. The van der Waals surface area contributed by atoms with Gasteiger partial charge in [-0.05, 0) is 6.07 Å². The first-order chi connectivity index (χ1) is 10.3. The van der Waals surface area contributed by atoms with Crippen LogP contribution in [0.3, 0.4) is 0 Å². The summed E-state index contributed by atoms with van der Waals surface area (Å²) in [5.74, 6) is -0.513. The molecule has 6 heteroatoms. The maximum Gasteiger partial charge on any atom is 0.339 e. The minimum atomic E-state index is -0.966. The monoisotopic (exact) mass is 285 g/mol. The van der Waals surface area contributed by atoms with Crippen molar-refractivity contribution in [2.24, 2.45) is 0 Å². The molecule has 2 N–H and O–H groups in total. The third kappa shape index (κ3) is 2.80. The summed E-state index contributed by atoms with van der Waals surface area (Å²) < 4.78 is 7.58. The molecule has 108 valence electrons. The van der Waals surface area contributed by atoms with Crippen molar-refractivity contribution in [3.05, 3.63) is 54.3 Å². The highest BCUT2D eigenvalue weighted by Crippen LogP contribution is 2.25. The molecule has 0 aliphatic rings. The fourth-order valence-corrected chi connectivity index (χ4v) is 2.28. The summed E-state index contributed by atoms with van der Waals surface area (Å²) in [7, 11) is 0. The number of imidazole rings is 1. The summed E-state index contributed by atoms with van der Waals surface area (Å²) in [5, 5.41) is 13.2. The van der Waals surface area contributed by atoms with Gasteiger partial charge in [0.25, 0.3) is 0 Å². The van der Waals surface area contributed by atoms with Gasteiger partial charge in [-0.15, -0.1) is 0 Å². The van der Waals surface area contributed by atoms with E-state index < -0.39 is 5.97 Å². The van der Waals surface area contributed by atoms with Gasteiger partial charge in [0.05, 0.1) is 12.9 Å². The molecule has 2 aromatic heterocycles. The molecule has 6 nitrogen and oxygen atoms in total. The molecule has 0 aliphatic heterocycles. The summed E-state index contributed by atoms with van der Waals surface area (Å²) in [4.78, 5) is 15.4. The lowest BCUT2D eigenvalue weighted by molar-refractivity contribution is 0.0696. The van der Waals surface area contributed by atoms with E-state index in [4.69, 9.17) is 4.42 Å². The van der Waals surface area contributed by atoms with Gasteiger partial charge in [0.15, 0.2) is 0 Å². The van der Waals surface area contributed by atoms with Gasteiger partial charge in [-0.3, -0.25) is 0 Å². The number of fused-ring (bicyclic) bond motifs is 1. The van der Waals surface area contributed by atoms with E-state index in [2.05, 4.69) is 10.3 Å². The van der Waals surface area contributed by atoms with Gasteiger partial charge in [-0.25, -0.2) is 9.78 Å². The van der Waals surface area contributed by atoms with E-state index in [1.165, 1.54) is 0 Å². The van der Waals surface area contributed by atoms with Crippen molar-refractivity contribution in [1.29, 1.82) is 0 Å². The van der Waals surface area contributed by atoms with Crippen molar-refractivity contribution in [1.82, 2.24) is 14.9 Å². The minimum absolute atomic E-state index is 0.237. The van der Waals surface area contributed by atoms with Crippen LogP contribution >= 0.6 is 0 Å². The van der Waals surface area contributed by atoms with Gasteiger partial charge >= 0.3 is 5.97 Å². The molecule has 0 unspecified atom stereocenters. The van der Waals surface area contributed by atoms with E-state index in [0.717, 1.165) is 6.54 Å². The molecular formula is C15H15N3O3. The quantitative estimate of drug-likeness (QED) is 0.678. The maximum absolute atomic E-state index is 11.4. The average molecular weight is 285 g/mol. The summed E-state index contributed by atoms with van der Waals surface area (Å²) in [6.45, 7) is 1.85. The Morgan fingerprint density at radius 3 is 3.00 bits per heavy atom. The molecule has 0 amide bonds. The SMILES string of the molecule is O=C(O)c1c(CNCCn2ccnc2)oc2ccccc12. The van der Waals surface area contributed by atoms with E-state index in [1.54, 1.807) is 30.7 Å². The van der Waals surface area contributed by atoms with Crippen molar-refractivity contribution in [3.63, 3.8) is 0 Å². The molecule has 1 aromatic carbocycles. The molecule has 3 rings (SSSR count). The average Bonchev–Trinajstić information content (AvgIpc) is 3.10. The second kappa shape index (κ2) is 5.80. The molecule has 3 aromatic rings. The standard InChI is InChI=1S/C15H15N3O3/c19-15(20)14-11-3-1-2-4-12(11)21-13(14)9-16-5-7-18-8-6-17-10-18/h1-4,6,8,10,16H,5,7,9H2,(H,19,20). The fraction of sp³-hybridized carbons (Fsp3) is 0.200. The van der Waals surface area contributed by atoms with Crippen LogP contribution in [0.15, 0.2) is 47.4 Å². The molecule has 0 atom stereocenters. The molecular weight excluding hydrogens is 270 g/mol. The number of nitrogens with zero attached hydrogens (tertiary/aromatic N) is 2. The highest BCUT2D eigenvalue weighted by Gasteiger charge is 2.19. The third-order valence-corrected chi connectivity index (χ3v) is 3.27. The van der Waals surface area contributed by atoms with Crippen LogP contribution in [0, 0.1) is 0 Å². The molecule has 0 radical (unpaired) electrons. The van der Waals surface area contributed by atoms with Gasteiger partial charge < -0.3 is 19.4 Å². The van der Waals surface area contributed by atoms with Gasteiger partial charge in [-0.1, -0.05) is 18.2 Å². The molecule has 0 saturated carbocycles. The Balaban J connectivity index is 1.71. The Kier molecular flexibility index (Phi) is 3.70. The van der Waals surface area contributed by atoms with E-state index in [0.29, 0.717) is 29.8 Å². The number of carboxylic acids is 1. The minimum Gasteiger partial charge on any atom is -0.478 e. The number of benzene rings is 1. The number of furan rings is 1. The predicted molar refractivity (Wildman–Crippen MR) is 77.1 cm³/mol. The van der Waals surface area contributed by atoms with Crippen LogP contribution in [-0.2, 0) is 13.1 Å². The van der Waals surface area contributed by atoms with Crippen LogP contribution < -0.4 is 5.32 Å². The number of hydrogen-bond donors (Lipinski definition) is 2. The highest BCUT2D eigenvalue weighted by atomic mass is 16.4. The van der Waals surface area contributed by atoms with Gasteiger partial charge in [0.2, 0.25) is 0 Å². The lowest BCUT2D eigenvalue weighted by atomic mass is 10.1. The topological polar surface area (TPSA) is 80.3 Å². The Bertz CT molecular complexity index is 747. The highest BCUT2D eigenvalue weighted by molar-refractivity contribution is 6.03. The van der Waals surface area contributed by atoms with Gasteiger partial charge in [0.1, 0.15) is 16.9 Å². The Morgan fingerprint density at radius 2 is 2.24 bits per heavy atom. The number of hydrogen-bond acceptors (Lipinski definition) is 4. The second-order valence-electron chi connectivity index (χ2n) is 4.68. The summed E-state index contributed by atoms with van der Waals surface area (Å²) in [5.41, 5.74) is 0.835. The van der Waals surface area contributed by atoms with Crippen LogP contribution in [0.5, 0.6) is 0 Å². The number of carboxylic acid groups (broad SMARTS) is 1. The third-order valence-electron chi connectivity index (χ3n) is 3.27. The van der Waals surface area contributed by atoms with E-state index in [9.17, 15) is 9.90 Å². The first-order valence-electron chi connectivity index (χ1n) is 6.66. The van der Waals surface area contributed by atoms with Crippen LogP contribution in [0.25, 0.3) is 11.0 Å². The van der Waals surface area contributed by atoms with Crippen molar-refractivity contribution in [2.45, 2.75) is 13.1 Å². The largest absolute Gasteiger partial charge is 0.478 e. The number of para-hydroxylation sites is 1. The van der Waals surface area contributed by atoms with Gasteiger partial charge in [-0.2, -0.15) is 0 Å². The zero-order chi connectivity index (χ0) is 14.7. The summed E-state index contributed by atoms with van der Waals surface area (Å²) in [6, 6.07) is 7.17. The first-order valence-corrected chi connectivity index (χ1v) is 6.66. The second-order valence-corrected chi connectivity index (χ2v) is 4.68. The van der Waals surface area contributed by atoms with Crippen LogP contribution in [-0.4, -0.2) is 27.2 Å². The molecule has 21 heavy (non-hydrogen) atoms. The summed E-state index contributed by atoms with van der Waals surface area (Å²) >= 11 is 0. The van der Waals surface area contributed by atoms with E-state index >= 15 is 0 Å². The number of rotatable bonds is 6. The normalized spacial score (nSPS) is 11.0. The van der Waals surface area contributed by atoms with Crippen LogP contribution in [0.1, 0.15) is 16.1 Å². The van der Waals surface area contributed by atoms with Gasteiger partial charge in [0, 0.05) is 30.9 Å². The lowest BCUT2D eigenvalue weighted by Gasteiger charge is -2.04.